The highest BCUT2D eigenvalue weighted by Gasteiger charge is 2.35. The van der Waals surface area contributed by atoms with E-state index < -0.39 is 5.41 Å². The first-order chi connectivity index (χ1) is 9.46. The highest BCUT2D eigenvalue weighted by molar-refractivity contribution is 6.06. The lowest BCUT2D eigenvalue weighted by Crippen LogP contribution is -2.47. The number of hydrogen-bond acceptors (Lipinski definition) is 3. The van der Waals surface area contributed by atoms with Crippen LogP contribution in [0.3, 0.4) is 0 Å². The number of carbonyl (C=O) groups excluding carboxylic acids is 1. The first-order valence-electron chi connectivity index (χ1n) is 6.83. The zero-order valence-electron chi connectivity index (χ0n) is 11.9. The minimum atomic E-state index is -1.03. The Labute approximate surface area is 118 Å². The van der Waals surface area contributed by atoms with Crippen LogP contribution in [-0.2, 0) is 11.2 Å². The molecule has 1 aliphatic rings. The monoisotopic (exact) mass is 275 g/mol. The summed E-state index contributed by atoms with van der Waals surface area (Å²) in [6.45, 7) is 3.29. The van der Waals surface area contributed by atoms with E-state index >= 15 is 0 Å². The van der Waals surface area contributed by atoms with Gasteiger partial charge in [0.25, 0.3) is 0 Å². The molecule has 1 aliphatic carbocycles. The Balaban J connectivity index is 2.18. The molecule has 5 heteroatoms. The van der Waals surface area contributed by atoms with Crippen molar-refractivity contribution in [3.63, 3.8) is 0 Å². The van der Waals surface area contributed by atoms with Crippen LogP contribution in [0.5, 0.6) is 0 Å². The van der Waals surface area contributed by atoms with Crippen LogP contribution in [0.25, 0.3) is 0 Å². The number of nitrogens with zero attached hydrogens (tertiary/aromatic N) is 1. The fraction of sp³-hybridized carbons (Fsp3) is 0.467. The predicted octanol–water partition coefficient (Wildman–Crippen LogP) is 1.95. The van der Waals surface area contributed by atoms with Crippen molar-refractivity contribution < 1.29 is 10.0 Å². The summed E-state index contributed by atoms with van der Waals surface area (Å²) in [7, 11) is 0. The maximum absolute atomic E-state index is 12.4. The smallest absolute Gasteiger partial charge is 0.233 e. The van der Waals surface area contributed by atoms with E-state index in [1.807, 2.05) is 12.1 Å². The molecule has 0 saturated heterocycles. The maximum Gasteiger partial charge on any atom is 0.233 e. The maximum atomic E-state index is 12.4. The topological polar surface area (TPSA) is 87.7 Å². The van der Waals surface area contributed by atoms with Crippen LogP contribution in [0.4, 0.5) is 0 Å². The van der Waals surface area contributed by atoms with Gasteiger partial charge in [0, 0.05) is 0 Å². The number of benzene rings is 1. The first-order valence-corrected chi connectivity index (χ1v) is 6.83. The molecule has 108 valence electrons. The lowest BCUT2D eigenvalue weighted by molar-refractivity contribution is -0.127. The lowest BCUT2D eigenvalue weighted by atomic mass is 9.85. The van der Waals surface area contributed by atoms with E-state index in [1.54, 1.807) is 13.8 Å². The van der Waals surface area contributed by atoms with Crippen LogP contribution in [-0.4, -0.2) is 17.0 Å². The quantitative estimate of drug-likeness (QED) is 0.341. The van der Waals surface area contributed by atoms with Gasteiger partial charge in [-0.25, -0.2) is 0 Å². The molecule has 0 bridgehead atoms. The van der Waals surface area contributed by atoms with Gasteiger partial charge in [0.1, 0.15) is 5.41 Å². The molecule has 2 rings (SSSR count). The van der Waals surface area contributed by atoms with Crippen molar-refractivity contribution in [1.82, 2.24) is 5.32 Å². The molecule has 5 nitrogen and oxygen atoms in total. The molecule has 0 fully saturated rings. The largest absolute Gasteiger partial charge is 0.409 e. The van der Waals surface area contributed by atoms with Crippen molar-refractivity contribution in [2.75, 3.05) is 0 Å². The normalized spacial score (nSPS) is 19.3. The van der Waals surface area contributed by atoms with Crippen LogP contribution in [0.2, 0.25) is 0 Å². The summed E-state index contributed by atoms with van der Waals surface area (Å²) in [6.07, 6.45) is 3.01. The van der Waals surface area contributed by atoms with E-state index in [0.717, 1.165) is 19.3 Å². The molecule has 0 aromatic heterocycles. The highest BCUT2D eigenvalue weighted by Crippen LogP contribution is 2.30. The third-order valence-corrected chi connectivity index (χ3v) is 3.99. The van der Waals surface area contributed by atoms with Gasteiger partial charge in [0.15, 0.2) is 5.84 Å². The molecule has 1 unspecified atom stereocenters. The number of amides is 1. The molecular weight excluding hydrogens is 254 g/mol. The summed E-state index contributed by atoms with van der Waals surface area (Å²) >= 11 is 0. The number of hydrogen-bond donors (Lipinski definition) is 3. The summed E-state index contributed by atoms with van der Waals surface area (Å²) in [5, 5.41) is 14.7. The average molecular weight is 275 g/mol. The average Bonchev–Trinajstić information content (AvgIpc) is 2.46. The SMILES string of the molecule is CC(C)(C(=O)NC1CCCc2ccccc21)C(N)=NO. The van der Waals surface area contributed by atoms with E-state index in [2.05, 4.69) is 22.6 Å². The molecule has 0 radical (unpaired) electrons. The van der Waals surface area contributed by atoms with Gasteiger partial charge >= 0.3 is 0 Å². The number of nitrogens with one attached hydrogen (secondary N) is 1. The van der Waals surface area contributed by atoms with Gasteiger partial charge in [-0.05, 0) is 44.2 Å². The molecule has 1 atom stereocenters. The molecule has 0 aliphatic heterocycles. The second kappa shape index (κ2) is 5.53. The van der Waals surface area contributed by atoms with Crippen LogP contribution < -0.4 is 11.1 Å². The number of carbonyl (C=O) groups is 1. The second-order valence-electron chi connectivity index (χ2n) is 5.73. The van der Waals surface area contributed by atoms with Crippen LogP contribution in [0.1, 0.15) is 43.9 Å². The number of rotatable bonds is 3. The molecule has 1 aromatic carbocycles. The van der Waals surface area contributed by atoms with Crippen LogP contribution in [0.15, 0.2) is 29.4 Å². The van der Waals surface area contributed by atoms with Gasteiger partial charge in [-0.3, -0.25) is 4.79 Å². The second-order valence-corrected chi connectivity index (χ2v) is 5.73. The van der Waals surface area contributed by atoms with Crippen molar-refractivity contribution in [2.24, 2.45) is 16.3 Å². The Bertz CT molecular complexity index is 538. The Morgan fingerprint density at radius 1 is 1.45 bits per heavy atom. The van der Waals surface area contributed by atoms with Crippen molar-refractivity contribution in [1.29, 1.82) is 0 Å². The predicted molar refractivity (Wildman–Crippen MR) is 77.5 cm³/mol. The van der Waals surface area contributed by atoms with Gasteiger partial charge in [-0.15, -0.1) is 0 Å². The first kappa shape index (κ1) is 14.4. The molecule has 0 heterocycles. The van der Waals surface area contributed by atoms with Crippen molar-refractivity contribution in [3.05, 3.63) is 35.4 Å². The Morgan fingerprint density at radius 3 is 2.85 bits per heavy atom. The summed E-state index contributed by atoms with van der Waals surface area (Å²) in [4.78, 5) is 12.4. The van der Waals surface area contributed by atoms with Gasteiger partial charge < -0.3 is 16.3 Å². The minimum Gasteiger partial charge on any atom is -0.409 e. The summed E-state index contributed by atoms with van der Waals surface area (Å²) in [5.74, 6) is -0.311. The third kappa shape index (κ3) is 2.61. The zero-order chi connectivity index (χ0) is 14.8. The van der Waals surface area contributed by atoms with Crippen molar-refractivity contribution >= 4 is 11.7 Å². The van der Waals surface area contributed by atoms with E-state index in [9.17, 15) is 4.79 Å². The van der Waals surface area contributed by atoms with E-state index in [-0.39, 0.29) is 17.8 Å². The third-order valence-electron chi connectivity index (χ3n) is 3.99. The van der Waals surface area contributed by atoms with Gasteiger partial charge in [0.2, 0.25) is 5.91 Å². The van der Waals surface area contributed by atoms with E-state index in [1.165, 1.54) is 11.1 Å². The number of amidine groups is 1. The highest BCUT2D eigenvalue weighted by atomic mass is 16.4. The Kier molecular flexibility index (Phi) is 3.97. The van der Waals surface area contributed by atoms with Crippen LogP contribution in [0, 0.1) is 5.41 Å². The number of oxime groups is 1. The molecule has 1 amide bonds. The fourth-order valence-corrected chi connectivity index (χ4v) is 2.48. The fourth-order valence-electron chi connectivity index (χ4n) is 2.48. The Morgan fingerprint density at radius 2 is 2.15 bits per heavy atom. The molecule has 4 N–H and O–H groups in total. The Hall–Kier alpha value is -2.04. The summed E-state index contributed by atoms with van der Waals surface area (Å²) in [6, 6.07) is 8.15. The molecule has 0 spiro atoms. The summed E-state index contributed by atoms with van der Waals surface area (Å²) < 4.78 is 0. The lowest BCUT2D eigenvalue weighted by Gasteiger charge is -2.30. The van der Waals surface area contributed by atoms with E-state index in [4.69, 9.17) is 10.9 Å². The van der Waals surface area contributed by atoms with Gasteiger partial charge in [-0.1, -0.05) is 29.4 Å². The van der Waals surface area contributed by atoms with Gasteiger partial charge in [-0.2, -0.15) is 0 Å². The molecule has 0 saturated carbocycles. The molecule has 1 aromatic rings. The van der Waals surface area contributed by atoms with E-state index in [0.29, 0.717) is 0 Å². The summed E-state index contributed by atoms with van der Waals surface area (Å²) in [5.41, 5.74) is 7.02. The number of nitrogens with two attached hydrogens (primary N) is 1. The standard InChI is InChI=1S/C15H21N3O2/c1-15(2,13(16)18-20)14(19)17-12-9-5-7-10-6-3-4-8-11(10)12/h3-4,6,8,12,20H,5,7,9H2,1-2H3,(H2,16,18)(H,17,19). The number of fused-ring (bicyclic) bond motifs is 1. The van der Waals surface area contributed by atoms with Gasteiger partial charge in [0.05, 0.1) is 6.04 Å². The van der Waals surface area contributed by atoms with Crippen LogP contribution >= 0.6 is 0 Å². The zero-order valence-corrected chi connectivity index (χ0v) is 11.9. The van der Waals surface area contributed by atoms with Crippen molar-refractivity contribution in [3.8, 4) is 0 Å². The van der Waals surface area contributed by atoms with Crippen molar-refractivity contribution in [2.45, 2.75) is 39.2 Å². The minimum absolute atomic E-state index is 0.00165. The molecular formula is C15H21N3O2. The number of aryl methyl sites for hydroxylation is 1. The molecule has 20 heavy (non-hydrogen) atoms.